The van der Waals surface area contributed by atoms with Crippen LogP contribution < -0.4 is 4.90 Å². The van der Waals surface area contributed by atoms with Crippen LogP contribution in [-0.2, 0) is 12.1 Å². The smallest absolute Gasteiger partial charge is 0.137 e. The van der Waals surface area contributed by atoms with Crippen LogP contribution in [0.2, 0.25) is 10.0 Å². The van der Waals surface area contributed by atoms with Crippen LogP contribution in [0.3, 0.4) is 0 Å². The van der Waals surface area contributed by atoms with Gasteiger partial charge in [0.05, 0.1) is 16.6 Å². The van der Waals surface area contributed by atoms with Crippen LogP contribution in [0.25, 0.3) is 0 Å². The van der Waals surface area contributed by atoms with Gasteiger partial charge in [-0.05, 0) is 44.0 Å². The Morgan fingerprint density at radius 1 is 1.15 bits per heavy atom. The molecule has 0 spiro atoms. The van der Waals surface area contributed by atoms with E-state index in [-0.39, 0.29) is 18.2 Å². The maximum atomic E-state index is 14.8. The third kappa shape index (κ3) is 5.05. The number of piperidine rings is 1. The van der Waals surface area contributed by atoms with Crippen LogP contribution in [0.4, 0.5) is 14.5 Å². The van der Waals surface area contributed by atoms with Crippen molar-refractivity contribution in [1.29, 1.82) is 0 Å². The van der Waals surface area contributed by atoms with Crippen molar-refractivity contribution in [1.82, 2.24) is 19.7 Å². The Labute approximate surface area is 207 Å². The number of hydrogen-bond donors (Lipinski definition) is 1. The topological polar surface area (TPSA) is 57.4 Å². The Morgan fingerprint density at radius 2 is 1.88 bits per heavy atom. The van der Waals surface area contributed by atoms with Crippen LogP contribution >= 0.6 is 23.2 Å². The van der Waals surface area contributed by atoms with Crippen molar-refractivity contribution in [2.75, 3.05) is 25.0 Å². The molecule has 1 saturated heterocycles. The molecule has 1 aliphatic rings. The highest BCUT2D eigenvalue weighted by Crippen LogP contribution is 2.35. The standard InChI is InChI=1S/C24H27Cl2F2N5O/c1-16(24(34,13-33-15-29-14-30-33)20-5-3-17(27)11-23(20)28)32-9-7-18(8-10-32)31(2)19-4-6-21(25)22(26)12-19/h3-6,11-12,14-16,18,34H,7-10,13H2,1-2H3/t16-,24-/m1/s1. The van der Waals surface area contributed by atoms with Crippen molar-refractivity contribution in [3.8, 4) is 0 Å². The van der Waals surface area contributed by atoms with Crippen molar-refractivity contribution in [2.45, 2.75) is 44.0 Å². The van der Waals surface area contributed by atoms with Crippen LogP contribution in [0.1, 0.15) is 25.3 Å². The highest BCUT2D eigenvalue weighted by atomic mass is 35.5. The van der Waals surface area contributed by atoms with Crippen molar-refractivity contribution in [3.05, 3.63) is 76.3 Å². The summed E-state index contributed by atoms with van der Waals surface area (Å²) in [5.74, 6) is -1.48. The lowest BCUT2D eigenvalue weighted by atomic mass is 9.84. The fraction of sp³-hybridized carbons (Fsp3) is 0.417. The molecule has 1 fully saturated rings. The fourth-order valence-corrected chi connectivity index (χ4v) is 5.01. The van der Waals surface area contributed by atoms with E-state index in [1.807, 2.05) is 26.1 Å². The Balaban J connectivity index is 1.52. The largest absolute Gasteiger partial charge is 0.381 e. The first-order chi connectivity index (χ1) is 16.2. The molecular weight excluding hydrogens is 483 g/mol. The Hall–Kier alpha value is -2.26. The van der Waals surface area contributed by atoms with Gasteiger partial charge in [-0.15, -0.1) is 0 Å². The maximum absolute atomic E-state index is 14.8. The summed E-state index contributed by atoms with van der Waals surface area (Å²) in [5.41, 5.74) is -0.627. The van der Waals surface area contributed by atoms with Gasteiger partial charge in [-0.1, -0.05) is 29.3 Å². The second kappa shape index (κ2) is 10.2. The number of nitrogens with zero attached hydrogens (tertiary/aromatic N) is 5. The third-order valence-corrected chi connectivity index (χ3v) is 7.60. The van der Waals surface area contributed by atoms with Gasteiger partial charge < -0.3 is 10.0 Å². The van der Waals surface area contributed by atoms with Crippen molar-refractivity contribution in [3.63, 3.8) is 0 Å². The quantitative estimate of drug-likeness (QED) is 0.498. The van der Waals surface area contributed by atoms with Gasteiger partial charge in [-0.25, -0.2) is 18.4 Å². The minimum atomic E-state index is -1.64. The highest BCUT2D eigenvalue weighted by Gasteiger charge is 2.43. The molecule has 34 heavy (non-hydrogen) atoms. The summed E-state index contributed by atoms with van der Waals surface area (Å²) < 4.78 is 29.9. The average Bonchev–Trinajstić information content (AvgIpc) is 3.32. The summed E-state index contributed by atoms with van der Waals surface area (Å²) in [5, 5.41) is 16.9. The summed E-state index contributed by atoms with van der Waals surface area (Å²) in [6, 6.07) is 8.66. The first-order valence-corrected chi connectivity index (χ1v) is 11.9. The van der Waals surface area contributed by atoms with E-state index in [1.54, 1.807) is 6.07 Å². The second-order valence-corrected chi connectivity index (χ2v) is 9.61. The summed E-state index contributed by atoms with van der Waals surface area (Å²) >= 11 is 12.2. The Bertz CT molecular complexity index is 1120. The Morgan fingerprint density at radius 3 is 2.50 bits per heavy atom. The highest BCUT2D eigenvalue weighted by molar-refractivity contribution is 6.42. The first kappa shape index (κ1) is 24.9. The zero-order valence-electron chi connectivity index (χ0n) is 19.0. The summed E-state index contributed by atoms with van der Waals surface area (Å²) in [6.07, 6.45) is 4.51. The molecule has 0 radical (unpaired) electrons. The van der Waals surface area contributed by atoms with Crippen molar-refractivity contribution >= 4 is 28.9 Å². The molecule has 1 N–H and O–H groups in total. The molecule has 10 heteroatoms. The Kier molecular flexibility index (Phi) is 7.42. The molecule has 1 aliphatic heterocycles. The van der Waals surface area contributed by atoms with Gasteiger partial charge in [0.15, 0.2) is 0 Å². The summed E-state index contributed by atoms with van der Waals surface area (Å²) in [7, 11) is 2.03. The molecular formula is C24H27Cl2F2N5O. The molecule has 0 bridgehead atoms. The number of likely N-dealkylation sites (tertiary alicyclic amines) is 1. The third-order valence-electron chi connectivity index (χ3n) is 6.86. The van der Waals surface area contributed by atoms with Gasteiger partial charge in [0.2, 0.25) is 0 Å². The lowest BCUT2D eigenvalue weighted by molar-refractivity contribution is -0.0690. The van der Waals surface area contributed by atoms with Crippen molar-refractivity contribution < 1.29 is 13.9 Å². The monoisotopic (exact) mass is 509 g/mol. The van der Waals surface area contributed by atoms with Gasteiger partial charge in [-0.2, -0.15) is 5.10 Å². The van der Waals surface area contributed by atoms with E-state index in [1.165, 1.54) is 23.4 Å². The zero-order chi connectivity index (χ0) is 24.5. The van der Waals surface area contributed by atoms with E-state index in [2.05, 4.69) is 19.9 Å². The maximum Gasteiger partial charge on any atom is 0.137 e. The molecule has 4 rings (SSSR count). The molecule has 2 atom stereocenters. The van der Waals surface area contributed by atoms with Crippen LogP contribution in [-0.4, -0.2) is 57.0 Å². The number of hydrogen-bond acceptors (Lipinski definition) is 5. The van der Waals surface area contributed by atoms with E-state index in [9.17, 15) is 13.9 Å². The van der Waals surface area contributed by atoms with Crippen LogP contribution in [0.5, 0.6) is 0 Å². The second-order valence-electron chi connectivity index (χ2n) is 8.79. The van der Waals surface area contributed by atoms with E-state index in [4.69, 9.17) is 23.2 Å². The van der Waals surface area contributed by atoms with Gasteiger partial charge in [0.1, 0.15) is 29.9 Å². The summed E-state index contributed by atoms with van der Waals surface area (Å²) in [6.45, 7) is 3.24. The average molecular weight is 510 g/mol. The number of benzene rings is 2. The van der Waals surface area contributed by atoms with E-state index in [0.29, 0.717) is 23.1 Å². The lowest BCUT2D eigenvalue weighted by Crippen LogP contribution is -2.55. The summed E-state index contributed by atoms with van der Waals surface area (Å²) in [4.78, 5) is 8.25. The minimum absolute atomic E-state index is 0.0141. The molecule has 0 unspecified atom stereocenters. The van der Waals surface area contributed by atoms with Gasteiger partial charge in [-0.3, -0.25) is 4.90 Å². The number of rotatable bonds is 7. The predicted octanol–water partition coefficient (Wildman–Crippen LogP) is 4.74. The number of aliphatic hydroxyl groups is 1. The van der Waals surface area contributed by atoms with E-state index < -0.39 is 23.3 Å². The first-order valence-electron chi connectivity index (χ1n) is 11.1. The predicted molar refractivity (Wildman–Crippen MR) is 129 cm³/mol. The molecule has 6 nitrogen and oxygen atoms in total. The minimum Gasteiger partial charge on any atom is -0.381 e. The molecule has 1 aromatic heterocycles. The fourth-order valence-electron chi connectivity index (χ4n) is 4.72. The lowest BCUT2D eigenvalue weighted by Gasteiger charge is -2.45. The molecule has 2 heterocycles. The number of anilines is 1. The SMILES string of the molecule is C[C@@H](N1CCC(N(C)c2ccc(Cl)c(Cl)c2)CC1)[C@](O)(Cn1cncn1)c1ccc(F)cc1F. The van der Waals surface area contributed by atoms with Gasteiger partial charge in [0.25, 0.3) is 0 Å². The van der Waals surface area contributed by atoms with E-state index >= 15 is 0 Å². The molecule has 2 aromatic carbocycles. The van der Waals surface area contributed by atoms with Gasteiger partial charge in [0, 0.05) is 49.5 Å². The van der Waals surface area contributed by atoms with Gasteiger partial charge >= 0.3 is 0 Å². The number of aromatic nitrogens is 3. The normalized spacial score (nSPS) is 18.0. The number of halogens is 4. The van der Waals surface area contributed by atoms with Crippen LogP contribution in [0.15, 0.2) is 49.1 Å². The van der Waals surface area contributed by atoms with Crippen molar-refractivity contribution in [2.24, 2.45) is 0 Å². The molecule has 0 amide bonds. The molecule has 0 aliphatic carbocycles. The molecule has 182 valence electrons. The molecule has 3 aromatic rings. The van der Waals surface area contributed by atoms with E-state index in [0.717, 1.165) is 30.7 Å². The molecule has 0 saturated carbocycles. The zero-order valence-corrected chi connectivity index (χ0v) is 20.5. The van der Waals surface area contributed by atoms with Crippen LogP contribution in [0, 0.1) is 11.6 Å².